The second kappa shape index (κ2) is 16.3. The highest BCUT2D eigenvalue weighted by Crippen LogP contribution is 2.34. The zero-order chi connectivity index (χ0) is 27.2. The molecule has 0 spiro atoms. The van der Waals surface area contributed by atoms with Gasteiger partial charge in [0.05, 0.1) is 0 Å². The van der Waals surface area contributed by atoms with E-state index in [4.69, 9.17) is 0 Å². The molecule has 0 aromatic carbocycles. The summed E-state index contributed by atoms with van der Waals surface area (Å²) in [6, 6.07) is 0. The van der Waals surface area contributed by atoms with Crippen molar-refractivity contribution >= 4 is 0 Å². The Hall–Kier alpha value is -1.52. The number of hydrogen-bond acceptors (Lipinski definition) is 4. The average Bonchev–Trinajstić information content (AvgIpc) is 2.90. The zero-order valence-corrected chi connectivity index (χ0v) is 25.7. The zero-order valence-electron chi connectivity index (χ0n) is 25.7. The Bertz CT molecular complexity index is 712. The minimum Gasteiger partial charge on any atom is -0.369 e. The number of hydrogen-bond donors (Lipinski definition) is 0. The van der Waals surface area contributed by atoms with Gasteiger partial charge < -0.3 is 9.80 Å². The summed E-state index contributed by atoms with van der Waals surface area (Å²) in [6.07, 6.45) is 17.3. The van der Waals surface area contributed by atoms with Crippen molar-refractivity contribution in [3.8, 4) is 0 Å². The molecule has 2 aliphatic heterocycles. The third-order valence-corrected chi connectivity index (χ3v) is 7.41. The van der Waals surface area contributed by atoms with Crippen molar-refractivity contribution in [2.45, 2.75) is 94.0 Å². The van der Waals surface area contributed by atoms with Crippen LogP contribution in [0.15, 0.2) is 47.9 Å². The van der Waals surface area contributed by atoms with Crippen LogP contribution < -0.4 is 0 Å². The average molecular weight is 501 g/mol. The van der Waals surface area contributed by atoms with Gasteiger partial charge in [-0.25, -0.2) is 0 Å². The van der Waals surface area contributed by atoms with Crippen LogP contribution in [0.25, 0.3) is 0 Å². The Kier molecular flexibility index (Phi) is 14.8. The van der Waals surface area contributed by atoms with E-state index >= 15 is 0 Å². The molecule has 208 valence electrons. The molecule has 0 aromatic rings. The predicted molar refractivity (Wildman–Crippen MR) is 161 cm³/mol. The van der Waals surface area contributed by atoms with Gasteiger partial charge in [0.25, 0.3) is 0 Å². The third kappa shape index (κ3) is 10.1. The van der Waals surface area contributed by atoms with Crippen molar-refractivity contribution in [3.63, 3.8) is 0 Å². The minimum atomic E-state index is 0.234. The van der Waals surface area contributed by atoms with Crippen molar-refractivity contribution < 1.29 is 0 Å². The van der Waals surface area contributed by atoms with Crippen LogP contribution in [-0.4, -0.2) is 84.0 Å². The third-order valence-electron chi connectivity index (χ3n) is 7.41. The summed E-state index contributed by atoms with van der Waals surface area (Å²) in [5.41, 5.74) is 3.36. The summed E-state index contributed by atoms with van der Waals surface area (Å²) in [5, 5.41) is 0. The Balaban J connectivity index is 0.00000154. The van der Waals surface area contributed by atoms with Gasteiger partial charge in [0, 0.05) is 75.8 Å². The van der Waals surface area contributed by atoms with Gasteiger partial charge in [-0.05, 0) is 64.5 Å². The van der Waals surface area contributed by atoms with Gasteiger partial charge in [-0.1, -0.05) is 65.8 Å². The van der Waals surface area contributed by atoms with E-state index in [2.05, 4.69) is 97.6 Å². The first-order chi connectivity index (χ1) is 17.2. The number of allylic oxidation sites excluding steroid dienone is 6. The maximum atomic E-state index is 2.74. The largest absolute Gasteiger partial charge is 0.369 e. The van der Waals surface area contributed by atoms with Crippen LogP contribution >= 0.6 is 0 Å². The molecule has 2 fully saturated rings. The monoisotopic (exact) mass is 500 g/mol. The van der Waals surface area contributed by atoms with Gasteiger partial charge in [0.2, 0.25) is 0 Å². The highest BCUT2D eigenvalue weighted by atomic mass is 15.3. The molecule has 0 aromatic heterocycles. The van der Waals surface area contributed by atoms with Gasteiger partial charge >= 0.3 is 0 Å². The molecule has 0 saturated carbocycles. The molecule has 4 nitrogen and oxygen atoms in total. The molecule has 0 N–H and O–H groups in total. The SMILES string of the molecule is C/C=C\C(=C/C)N1CCN(CC(C)(C)CC(C)(C)N2CCN(C3=CCCC=C3)CC2)CC1.CC.CC. The van der Waals surface area contributed by atoms with Crippen molar-refractivity contribution in [2.75, 3.05) is 58.9 Å². The van der Waals surface area contributed by atoms with Crippen LogP contribution in [0.2, 0.25) is 0 Å². The predicted octanol–water partition coefficient (Wildman–Crippen LogP) is 7.18. The number of nitrogens with zero attached hydrogens (tertiary/aromatic N) is 4. The summed E-state index contributed by atoms with van der Waals surface area (Å²) in [6.45, 7) is 32.6. The molecule has 0 atom stereocenters. The van der Waals surface area contributed by atoms with Gasteiger partial charge in [-0.15, -0.1) is 0 Å². The van der Waals surface area contributed by atoms with Crippen molar-refractivity contribution in [1.29, 1.82) is 0 Å². The molecule has 2 saturated heterocycles. The quantitative estimate of drug-likeness (QED) is 0.327. The maximum Gasteiger partial charge on any atom is 0.0323 e. The molecule has 36 heavy (non-hydrogen) atoms. The topological polar surface area (TPSA) is 13.0 Å². The first-order valence-corrected chi connectivity index (χ1v) is 14.9. The summed E-state index contributed by atoms with van der Waals surface area (Å²) in [4.78, 5) is 10.5. The Morgan fingerprint density at radius 2 is 1.44 bits per heavy atom. The lowest BCUT2D eigenvalue weighted by atomic mass is 9.78. The van der Waals surface area contributed by atoms with Crippen LogP contribution in [0.5, 0.6) is 0 Å². The molecule has 0 radical (unpaired) electrons. The van der Waals surface area contributed by atoms with Gasteiger partial charge in [0.1, 0.15) is 0 Å². The van der Waals surface area contributed by atoms with Crippen LogP contribution in [0.4, 0.5) is 0 Å². The van der Waals surface area contributed by atoms with Crippen LogP contribution in [0, 0.1) is 5.41 Å². The molecule has 0 unspecified atom stereocenters. The number of piperazine rings is 2. The van der Waals surface area contributed by atoms with Crippen LogP contribution in [-0.2, 0) is 0 Å². The Morgan fingerprint density at radius 3 is 1.94 bits per heavy atom. The minimum absolute atomic E-state index is 0.234. The Morgan fingerprint density at radius 1 is 0.833 bits per heavy atom. The lowest BCUT2D eigenvalue weighted by Crippen LogP contribution is -2.56. The fourth-order valence-electron chi connectivity index (χ4n) is 6.07. The molecule has 3 rings (SSSR count). The fourth-order valence-corrected chi connectivity index (χ4v) is 6.07. The summed E-state index contributed by atoms with van der Waals surface area (Å²) >= 11 is 0. The second-order valence-corrected chi connectivity index (χ2v) is 11.2. The highest BCUT2D eigenvalue weighted by Gasteiger charge is 2.36. The molecular weight excluding hydrogens is 440 g/mol. The standard InChI is InChI=1S/C28H48N4.2C2H6/c1-7-12-25(8-2)30-17-15-29(16-18-30)24-27(3,4)23-28(5,6)32-21-19-31(20-22-32)26-13-10-9-11-14-26;2*1-2/h7-8,10,12-14H,9,11,15-24H2,1-6H3;2*1-2H3/b12-7-,25-8+;;. The van der Waals surface area contributed by atoms with Crippen molar-refractivity contribution in [1.82, 2.24) is 19.6 Å². The van der Waals surface area contributed by atoms with E-state index in [9.17, 15) is 0 Å². The molecule has 0 amide bonds. The van der Waals surface area contributed by atoms with E-state index in [1.165, 1.54) is 63.4 Å². The van der Waals surface area contributed by atoms with E-state index in [0.29, 0.717) is 5.41 Å². The van der Waals surface area contributed by atoms with E-state index in [-0.39, 0.29) is 5.54 Å². The fraction of sp³-hybridized carbons (Fsp3) is 0.750. The lowest BCUT2D eigenvalue weighted by molar-refractivity contribution is 0.0208. The van der Waals surface area contributed by atoms with Gasteiger partial charge in [-0.3, -0.25) is 9.80 Å². The molecule has 0 bridgehead atoms. The molecule has 3 aliphatic rings. The smallest absolute Gasteiger partial charge is 0.0323 e. The van der Waals surface area contributed by atoms with Crippen molar-refractivity contribution in [2.24, 2.45) is 5.41 Å². The lowest BCUT2D eigenvalue weighted by Gasteiger charge is -2.49. The van der Waals surface area contributed by atoms with Gasteiger partial charge in [0.15, 0.2) is 0 Å². The normalized spacial score (nSPS) is 20.5. The first kappa shape index (κ1) is 32.5. The summed E-state index contributed by atoms with van der Waals surface area (Å²) < 4.78 is 0. The summed E-state index contributed by atoms with van der Waals surface area (Å²) in [5.74, 6) is 0. The van der Waals surface area contributed by atoms with E-state index in [1.54, 1.807) is 0 Å². The molecular formula is C32H60N4. The van der Waals surface area contributed by atoms with E-state index in [0.717, 1.165) is 26.2 Å². The summed E-state index contributed by atoms with van der Waals surface area (Å²) in [7, 11) is 0. The Labute approximate surface area is 225 Å². The van der Waals surface area contributed by atoms with Gasteiger partial charge in [-0.2, -0.15) is 0 Å². The maximum absolute atomic E-state index is 2.74. The van der Waals surface area contributed by atoms with Crippen molar-refractivity contribution in [3.05, 3.63) is 47.9 Å². The first-order valence-electron chi connectivity index (χ1n) is 14.9. The van der Waals surface area contributed by atoms with Crippen LogP contribution in [0.1, 0.15) is 88.5 Å². The van der Waals surface area contributed by atoms with Crippen LogP contribution in [0.3, 0.4) is 0 Å². The van der Waals surface area contributed by atoms with E-state index in [1.807, 2.05) is 27.7 Å². The molecule has 1 aliphatic carbocycles. The number of rotatable bonds is 8. The second-order valence-electron chi connectivity index (χ2n) is 11.2. The molecule has 2 heterocycles. The molecule has 4 heteroatoms. The highest BCUT2D eigenvalue weighted by molar-refractivity contribution is 5.21. The van der Waals surface area contributed by atoms with E-state index < -0.39 is 0 Å².